The standard InChI is InChI=1S/C16H23N3/c1-5-19-7-6-18-16(19)15(17-4)11-14-9-12(2)8-13(3)10-14/h6-10,15,17H,5,11H2,1-4H3. The van der Waals surface area contributed by atoms with Crippen LogP contribution in [-0.4, -0.2) is 16.6 Å². The summed E-state index contributed by atoms with van der Waals surface area (Å²) in [5.74, 6) is 1.11. The van der Waals surface area contributed by atoms with Crippen LogP contribution in [0.25, 0.3) is 0 Å². The molecule has 102 valence electrons. The molecule has 0 amide bonds. The van der Waals surface area contributed by atoms with Crippen LogP contribution >= 0.6 is 0 Å². The van der Waals surface area contributed by atoms with Crippen molar-refractivity contribution in [3.8, 4) is 0 Å². The second-order valence-corrected chi connectivity index (χ2v) is 5.11. The van der Waals surface area contributed by atoms with Gasteiger partial charge >= 0.3 is 0 Å². The van der Waals surface area contributed by atoms with E-state index in [9.17, 15) is 0 Å². The normalized spacial score (nSPS) is 12.6. The van der Waals surface area contributed by atoms with E-state index >= 15 is 0 Å². The van der Waals surface area contributed by atoms with Crippen molar-refractivity contribution in [1.82, 2.24) is 14.9 Å². The highest BCUT2D eigenvalue weighted by molar-refractivity contribution is 5.29. The first kappa shape index (κ1) is 13.8. The summed E-state index contributed by atoms with van der Waals surface area (Å²) in [4.78, 5) is 4.50. The number of rotatable bonds is 5. The van der Waals surface area contributed by atoms with Crippen LogP contribution in [0.15, 0.2) is 30.6 Å². The largest absolute Gasteiger partial charge is 0.334 e. The summed E-state index contributed by atoms with van der Waals surface area (Å²) in [6, 6.07) is 6.99. The highest BCUT2D eigenvalue weighted by atomic mass is 15.1. The average molecular weight is 257 g/mol. The van der Waals surface area contributed by atoms with Crippen LogP contribution in [0.2, 0.25) is 0 Å². The second kappa shape index (κ2) is 6.02. The molecule has 1 heterocycles. The van der Waals surface area contributed by atoms with Crippen LogP contribution in [-0.2, 0) is 13.0 Å². The first-order chi connectivity index (χ1) is 9.13. The molecule has 19 heavy (non-hydrogen) atoms. The van der Waals surface area contributed by atoms with Crippen molar-refractivity contribution in [3.63, 3.8) is 0 Å². The monoisotopic (exact) mass is 257 g/mol. The lowest BCUT2D eigenvalue weighted by Crippen LogP contribution is -2.23. The van der Waals surface area contributed by atoms with Gasteiger partial charge in [0.1, 0.15) is 5.82 Å². The Hall–Kier alpha value is -1.61. The van der Waals surface area contributed by atoms with Gasteiger partial charge in [-0.1, -0.05) is 29.3 Å². The Balaban J connectivity index is 2.24. The Morgan fingerprint density at radius 1 is 1.21 bits per heavy atom. The van der Waals surface area contributed by atoms with Crippen LogP contribution in [0.5, 0.6) is 0 Å². The molecule has 0 aliphatic rings. The second-order valence-electron chi connectivity index (χ2n) is 5.11. The molecule has 1 aromatic carbocycles. The fourth-order valence-corrected chi connectivity index (χ4v) is 2.64. The number of benzene rings is 1. The van der Waals surface area contributed by atoms with Gasteiger partial charge in [0.05, 0.1) is 6.04 Å². The van der Waals surface area contributed by atoms with Crippen LogP contribution in [0.4, 0.5) is 0 Å². The van der Waals surface area contributed by atoms with Gasteiger partial charge in [0.25, 0.3) is 0 Å². The molecule has 2 aromatic rings. The van der Waals surface area contributed by atoms with Crippen molar-refractivity contribution in [2.75, 3.05) is 7.05 Å². The molecule has 0 radical (unpaired) electrons. The van der Waals surface area contributed by atoms with E-state index in [0.717, 1.165) is 18.8 Å². The highest BCUT2D eigenvalue weighted by Crippen LogP contribution is 2.19. The predicted octanol–water partition coefficient (Wildman–Crippen LogP) is 3.02. The van der Waals surface area contributed by atoms with Gasteiger partial charge in [0.2, 0.25) is 0 Å². The summed E-state index contributed by atoms with van der Waals surface area (Å²) in [6.45, 7) is 7.41. The van der Waals surface area contributed by atoms with E-state index in [2.05, 4.69) is 53.8 Å². The maximum Gasteiger partial charge on any atom is 0.126 e. The van der Waals surface area contributed by atoms with Crippen LogP contribution in [0.1, 0.15) is 35.5 Å². The topological polar surface area (TPSA) is 29.9 Å². The van der Waals surface area contributed by atoms with Gasteiger partial charge in [-0.05, 0) is 39.8 Å². The molecule has 1 N–H and O–H groups in total. The van der Waals surface area contributed by atoms with Crippen molar-refractivity contribution >= 4 is 0 Å². The Bertz CT molecular complexity index is 522. The van der Waals surface area contributed by atoms with E-state index in [1.807, 2.05) is 19.4 Å². The molecule has 2 rings (SSSR count). The van der Waals surface area contributed by atoms with Crippen molar-refractivity contribution in [2.24, 2.45) is 0 Å². The predicted molar refractivity (Wildman–Crippen MR) is 79.3 cm³/mol. The van der Waals surface area contributed by atoms with Crippen molar-refractivity contribution in [2.45, 2.75) is 39.8 Å². The molecule has 1 aromatic heterocycles. The van der Waals surface area contributed by atoms with Crippen LogP contribution in [0.3, 0.4) is 0 Å². The number of hydrogen-bond acceptors (Lipinski definition) is 2. The van der Waals surface area contributed by atoms with Crippen molar-refractivity contribution < 1.29 is 0 Å². The summed E-state index contributed by atoms with van der Waals surface area (Å²) in [6.07, 6.45) is 4.89. The number of aryl methyl sites for hydroxylation is 3. The number of nitrogens with one attached hydrogen (secondary N) is 1. The number of imidazole rings is 1. The molecule has 0 bridgehead atoms. The lowest BCUT2D eigenvalue weighted by molar-refractivity contribution is 0.523. The number of nitrogens with zero attached hydrogens (tertiary/aromatic N) is 2. The number of aromatic nitrogens is 2. The summed E-state index contributed by atoms with van der Waals surface area (Å²) in [5.41, 5.74) is 4.01. The zero-order chi connectivity index (χ0) is 13.8. The fraction of sp³-hybridized carbons (Fsp3) is 0.438. The lowest BCUT2D eigenvalue weighted by Gasteiger charge is -2.17. The van der Waals surface area contributed by atoms with E-state index in [-0.39, 0.29) is 6.04 Å². The van der Waals surface area contributed by atoms with E-state index < -0.39 is 0 Å². The van der Waals surface area contributed by atoms with Gasteiger partial charge in [0, 0.05) is 18.9 Å². The molecule has 0 fully saturated rings. The lowest BCUT2D eigenvalue weighted by atomic mass is 10.0. The zero-order valence-corrected chi connectivity index (χ0v) is 12.3. The molecule has 0 saturated heterocycles. The Morgan fingerprint density at radius 3 is 2.47 bits per heavy atom. The summed E-state index contributed by atoms with van der Waals surface area (Å²) < 4.78 is 2.20. The minimum absolute atomic E-state index is 0.260. The first-order valence-electron chi connectivity index (χ1n) is 6.89. The van der Waals surface area contributed by atoms with Crippen molar-refractivity contribution in [1.29, 1.82) is 0 Å². The van der Waals surface area contributed by atoms with Crippen molar-refractivity contribution in [3.05, 3.63) is 53.1 Å². The number of hydrogen-bond donors (Lipinski definition) is 1. The van der Waals surface area contributed by atoms with Crippen LogP contribution < -0.4 is 5.32 Å². The molecule has 1 unspecified atom stereocenters. The van der Waals surface area contributed by atoms with Gasteiger partial charge < -0.3 is 9.88 Å². The molecule has 0 aliphatic heterocycles. The van der Waals surface area contributed by atoms with E-state index in [1.165, 1.54) is 16.7 Å². The van der Waals surface area contributed by atoms with Gasteiger partial charge in [-0.25, -0.2) is 4.98 Å². The van der Waals surface area contributed by atoms with E-state index in [0.29, 0.717) is 0 Å². The third-order valence-corrected chi connectivity index (χ3v) is 3.47. The molecule has 1 atom stereocenters. The first-order valence-corrected chi connectivity index (χ1v) is 6.89. The smallest absolute Gasteiger partial charge is 0.126 e. The fourth-order valence-electron chi connectivity index (χ4n) is 2.64. The quantitative estimate of drug-likeness (QED) is 0.892. The Labute approximate surface area is 115 Å². The third kappa shape index (κ3) is 3.24. The molecule has 0 saturated carbocycles. The van der Waals surface area contributed by atoms with Crippen LogP contribution in [0, 0.1) is 13.8 Å². The van der Waals surface area contributed by atoms with Gasteiger partial charge in [0.15, 0.2) is 0 Å². The van der Waals surface area contributed by atoms with Gasteiger partial charge in [-0.2, -0.15) is 0 Å². The van der Waals surface area contributed by atoms with E-state index in [4.69, 9.17) is 0 Å². The SMILES string of the molecule is CCn1ccnc1C(Cc1cc(C)cc(C)c1)NC. The average Bonchev–Trinajstić information content (AvgIpc) is 2.82. The Kier molecular flexibility index (Phi) is 4.38. The van der Waals surface area contributed by atoms with Gasteiger partial charge in [-0.3, -0.25) is 0 Å². The third-order valence-electron chi connectivity index (χ3n) is 3.47. The zero-order valence-electron chi connectivity index (χ0n) is 12.3. The highest BCUT2D eigenvalue weighted by Gasteiger charge is 2.15. The number of likely N-dealkylation sites (N-methyl/N-ethyl adjacent to an activating group) is 1. The molecular formula is C16H23N3. The molecule has 0 spiro atoms. The minimum atomic E-state index is 0.260. The molecule has 3 nitrogen and oxygen atoms in total. The summed E-state index contributed by atoms with van der Waals surface area (Å²) >= 11 is 0. The molecule has 3 heteroatoms. The maximum absolute atomic E-state index is 4.50. The van der Waals surface area contributed by atoms with Gasteiger partial charge in [-0.15, -0.1) is 0 Å². The minimum Gasteiger partial charge on any atom is -0.334 e. The molecule has 0 aliphatic carbocycles. The Morgan fingerprint density at radius 2 is 1.89 bits per heavy atom. The summed E-state index contributed by atoms with van der Waals surface area (Å²) in [7, 11) is 2.00. The van der Waals surface area contributed by atoms with E-state index in [1.54, 1.807) is 0 Å². The maximum atomic E-state index is 4.50. The molecular weight excluding hydrogens is 234 g/mol. The summed E-state index contributed by atoms with van der Waals surface area (Å²) in [5, 5.41) is 3.38.